The number of nitrogens with zero attached hydrogens (tertiary/aromatic N) is 8. The van der Waals surface area contributed by atoms with E-state index in [0.29, 0.717) is 23.3 Å². The highest BCUT2D eigenvalue weighted by atomic mass is 32.1. The molecule has 0 saturated carbocycles. The second-order valence-electron chi connectivity index (χ2n) is 24.3. The quantitative estimate of drug-likeness (QED) is 0.126. The molecule has 0 unspecified atom stereocenters. The zero-order valence-corrected chi connectivity index (χ0v) is 52.0. The van der Waals surface area contributed by atoms with Gasteiger partial charge in [-0.2, -0.15) is 0 Å². The van der Waals surface area contributed by atoms with Crippen LogP contribution in [0.25, 0.3) is 127 Å². The molecule has 0 saturated heterocycles. The Balaban J connectivity index is 0.771. The molecule has 2 aliphatic heterocycles. The topological polar surface area (TPSA) is 75.9 Å². The molecule has 8 nitrogen and oxygen atoms in total. The third-order valence-electron chi connectivity index (χ3n) is 18.9. The number of para-hydroxylation sites is 4. The van der Waals surface area contributed by atoms with Crippen LogP contribution >= 0.6 is 11.3 Å². The van der Waals surface area contributed by atoms with E-state index >= 15 is 0 Å². The molecule has 95 heavy (non-hydrogen) atoms. The number of hydrogen-bond acceptors (Lipinski definition) is 8. The maximum atomic E-state index is 5.61. The van der Waals surface area contributed by atoms with E-state index in [2.05, 4.69) is 306 Å². The van der Waals surface area contributed by atoms with Crippen molar-refractivity contribution in [1.29, 1.82) is 0 Å². The second-order valence-corrected chi connectivity index (χ2v) is 25.3. The van der Waals surface area contributed by atoms with E-state index in [-0.39, 0.29) is 6.71 Å². The van der Waals surface area contributed by atoms with E-state index in [4.69, 9.17) is 24.9 Å². The first kappa shape index (κ1) is 54.4. The van der Waals surface area contributed by atoms with E-state index in [1.165, 1.54) is 70.1 Å². The van der Waals surface area contributed by atoms with Gasteiger partial charge in [-0.15, -0.1) is 11.3 Å². The van der Waals surface area contributed by atoms with Crippen LogP contribution in [0.2, 0.25) is 0 Å². The van der Waals surface area contributed by atoms with E-state index in [9.17, 15) is 0 Å². The molecular weight excluding hydrogens is 1180 g/mol. The van der Waals surface area contributed by atoms with Gasteiger partial charge in [0, 0.05) is 98.4 Å². The second kappa shape index (κ2) is 22.2. The summed E-state index contributed by atoms with van der Waals surface area (Å²) in [6.07, 6.45) is 0. The zero-order valence-electron chi connectivity index (χ0n) is 51.2. The number of thiophene rings is 1. The van der Waals surface area contributed by atoms with Gasteiger partial charge < -0.3 is 14.4 Å². The molecule has 10 heteroatoms. The maximum Gasteiger partial charge on any atom is 0.252 e. The van der Waals surface area contributed by atoms with Crippen LogP contribution < -0.4 is 26.2 Å². The van der Waals surface area contributed by atoms with E-state index < -0.39 is 0 Å². The van der Waals surface area contributed by atoms with Gasteiger partial charge in [0.1, 0.15) is 0 Å². The molecule has 17 aromatic rings. The summed E-state index contributed by atoms with van der Waals surface area (Å²) in [6, 6.07) is 115. The predicted octanol–water partition coefficient (Wildman–Crippen LogP) is 19.9. The molecule has 0 bridgehead atoms. The average molecular weight is 1230 g/mol. The van der Waals surface area contributed by atoms with E-state index in [0.717, 1.165) is 84.0 Å². The highest BCUT2D eigenvalue weighted by molar-refractivity contribution is 7.26. The first-order valence-corrected chi connectivity index (χ1v) is 32.9. The molecule has 442 valence electrons. The van der Waals surface area contributed by atoms with Crippen molar-refractivity contribution in [3.63, 3.8) is 0 Å². The van der Waals surface area contributed by atoms with Gasteiger partial charge in [-0.3, -0.25) is 0 Å². The van der Waals surface area contributed by atoms with Crippen LogP contribution in [0.1, 0.15) is 0 Å². The highest BCUT2D eigenvalue weighted by Gasteiger charge is 2.43. The fourth-order valence-electron chi connectivity index (χ4n) is 14.6. The summed E-state index contributed by atoms with van der Waals surface area (Å²) < 4.78 is 4.91. The SMILES string of the molecule is c1ccc(-c2cc(-c3ccccc3)nc(-c3ccc(-n4c5ccccc5c5c6sc7ccccc7c6ccc54)c(-c4nc(-c5ccccc5)nc(-c5cccc(-c6ccc(N7c8ccccc8B8c9ccccc9N(c9ccccc9)c9cccc7c98)cc6)c5)n4)c3)n2)cc1. The van der Waals surface area contributed by atoms with Gasteiger partial charge in [0.05, 0.1) is 28.1 Å². The van der Waals surface area contributed by atoms with Crippen molar-refractivity contribution in [2.75, 3.05) is 9.80 Å². The minimum Gasteiger partial charge on any atom is -0.311 e. The smallest absolute Gasteiger partial charge is 0.252 e. The summed E-state index contributed by atoms with van der Waals surface area (Å²) in [6.45, 7) is 0.0623. The zero-order chi connectivity index (χ0) is 62.5. The van der Waals surface area contributed by atoms with Gasteiger partial charge in [-0.1, -0.05) is 224 Å². The first-order chi connectivity index (χ1) is 47.1. The summed E-state index contributed by atoms with van der Waals surface area (Å²) in [5.74, 6) is 2.20. The van der Waals surface area contributed by atoms with Gasteiger partial charge in [0.2, 0.25) is 0 Å². The van der Waals surface area contributed by atoms with Gasteiger partial charge >= 0.3 is 0 Å². The van der Waals surface area contributed by atoms with Crippen LogP contribution in [0.3, 0.4) is 0 Å². The maximum absolute atomic E-state index is 5.61. The Bertz CT molecular complexity index is 5820. The van der Waals surface area contributed by atoms with Crippen LogP contribution in [0.5, 0.6) is 0 Å². The normalized spacial score (nSPS) is 12.4. The van der Waals surface area contributed by atoms with Crippen molar-refractivity contribution < 1.29 is 0 Å². The Morgan fingerprint density at radius 3 is 1.46 bits per heavy atom. The number of aromatic nitrogens is 6. The molecule has 0 spiro atoms. The lowest BCUT2D eigenvalue weighted by molar-refractivity contribution is 1.06. The standard InChI is InChI=1S/C85H53BN8S/c1-5-23-55(24-6-1)69-53-70(56-25-7-2-8-26-56)88-83(87-69)60-45-49-72(94-71-37-17-13-34-65(71)79-75(94)50-48-64-63-33-14-20-42-78(63)95-81(64)79)66(52-60)85-90-82(57-27-9-3-10-28-57)89-84(91-85)59-30-21-29-58(51-59)54-43-46-62(47-44-54)93-74-39-19-16-36-68(74)86-67-35-15-18-38-73(67)92(61-31-11-4-12-32-61)76-40-22-41-77(93)80(76)86/h1-53H. The number of benzene rings is 13. The number of hydrogen-bond donors (Lipinski definition) is 0. The molecule has 19 rings (SSSR count). The van der Waals surface area contributed by atoms with Gasteiger partial charge in [-0.05, 0) is 125 Å². The van der Waals surface area contributed by atoms with E-state index in [1.807, 2.05) is 41.7 Å². The highest BCUT2D eigenvalue weighted by Crippen LogP contribution is 2.47. The summed E-state index contributed by atoms with van der Waals surface area (Å²) in [5.41, 5.74) is 23.0. The fraction of sp³-hybridized carbons (Fsp3) is 0. The summed E-state index contributed by atoms with van der Waals surface area (Å²) in [5, 5.41) is 4.89. The van der Waals surface area contributed by atoms with Crippen molar-refractivity contribution in [3.05, 3.63) is 322 Å². The van der Waals surface area contributed by atoms with Gasteiger partial charge in [-0.25, -0.2) is 24.9 Å². The fourth-order valence-corrected chi connectivity index (χ4v) is 15.8. The molecule has 0 fully saturated rings. The summed E-state index contributed by atoms with van der Waals surface area (Å²) >= 11 is 1.85. The van der Waals surface area contributed by atoms with Crippen molar-refractivity contribution in [1.82, 2.24) is 29.5 Å². The van der Waals surface area contributed by atoms with Crippen LogP contribution in [-0.4, -0.2) is 36.2 Å². The third kappa shape index (κ3) is 9.02. The Morgan fingerprint density at radius 1 is 0.284 bits per heavy atom. The molecule has 4 aromatic heterocycles. The minimum absolute atomic E-state index is 0.0623. The van der Waals surface area contributed by atoms with Crippen molar-refractivity contribution in [2.24, 2.45) is 0 Å². The van der Waals surface area contributed by atoms with Crippen molar-refractivity contribution in [3.8, 4) is 84.9 Å². The number of fused-ring (bicyclic) bond motifs is 11. The minimum atomic E-state index is 0.0623. The molecule has 0 atom stereocenters. The molecule has 13 aromatic carbocycles. The van der Waals surface area contributed by atoms with Crippen LogP contribution in [0.15, 0.2) is 322 Å². The van der Waals surface area contributed by atoms with Crippen LogP contribution in [0, 0.1) is 0 Å². The molecule has 0 aliphatic carbocycles. The molecule has 0 N–H and O–H groups in total. The monoisotopic (exact) mass is 1230 g/mol. The summed E-state index contributed by atoms with van der Waals surface area (Å²) in [7, 11) is 0. The van der Waals surface area contributed by atoms with E-state index in [1.54, 1.807) is 0 Å². The number of rotatable bonds is 10. The van der Waals surface area contributed by atoms with Crippen LogP contribution in [0.4, 0.5) is 34.1 Å². The largest absolute Gasteiger partial charge is 0.311 e. The Morgan fingerprint density at radius 2 is 0.779 bits per heavy atom. The lowest BCUT2D eigenvalue weighted by Crippen LogP contribution is -2.61. The molecule has 0 amide bonds. The van der Waals surface area contributed by atoms with Gasteiger partial charge in [0.25, 0.3) is 6.71 Å². The third-order valence-corrected chi connectivity index (χ3v) is 20.1. The van der Waals surface area contributed by atoms with Gasteiger partial charge in [0.15, 0.2) is 23.3 Å². The lowest BCUT2D eigenvalue weighted by atomic mass is 9.33. The Labute approximate surface area is 552 Å². The number of anilines is 6. The Hall–Kier alpha value is -12.4. The molecular formula is C85H53BN8S. The molecule has 0 radical (unpaired) electrons. The average Bonchev–Trinajstić information content (AvgIpc) is 1.25. The predicted molar refractivity (Wildman–Crippen MR) is 395 cm³/mol. The van der Waals surface area contributed by atoms with Crippen molar-refractivity contribution in [2.45, 2.75) is 0 Å². The van der Waals surface area contributed by atoms with Crippen LogP contribution in [-0.2, 0) is 0 Å². The Kier molecular flexibility index (Phi) is 12.7. The first-order valence-electron chi connectivity index (χ1n) is 32.1. The molecule has 6 heterocycles. The lowest BCUT2D eigenvalue weighted by Gasteiger charge is -2.44. The van der Waals surface area contributed by atoms with Crippen molar-refractivity contribution >= 4 is 111 Å². The molecule has 2 aliphatic rings. The summed E-state index contributed by atoms with van der Waals surface area (Å²) in [4.78, 5) is 32.1.